The molecular formula is C8H13N3. The molecule has 3 nitrogen and oxygen atoms in total. The third kappa shape index (κ3) is 2.55. The lowest BCUT2D eigenvalue weighted by atomic mass is 10.3. The van der Waals surface area contributed by atoms with Crippen molar-refractivity contribution in [2.45, 2.75) is 6.54 Å². The first-order valence-electron chi connectivity index (χ1n) is 3.62. The van der Waals surface area contributed by atoms with Crippen LogP contribution >= 0.6 is 0 Å². The zero-order valence-electron chi connectivity index (χ0n) is 6.75. The van der Waals surface area contributed by atoms with E-state index in [-0.39, 0.29) is 0 Å². The maximum atomic E-state index is 4.05. The Kier molecular flexibility index (Phi) is 2.86. The van der Waals surface area contributed by atoms with Gasteiger partial charge in [0.2, 0.25) is 0 Å². The van der Waals surface area contributed by atoms with Crippen LogP contribution < -0.4 is 5.32 Å². The number of nitrogens with one attached hydrogen (secondary N) is 1. The highest BCUT2D eigenvalue weighted by Crippen LogP contribution is 1.93. The van der Waals surface area contributed by atoms with E-state index >= 15 is 0 Å². The quantitative estimate of drug-likeness (QED) is 0.507. The molecule has 1 aromatic heterocycles. The van der Waals surface area contributed by atoms with Gasteiger partial charge in [-0.3, -0.25) is 4.68 Å². The number of nitrogens with zero attached hydrogens (tertiary/aromatic N) is 2. The molecule has 0 amide bonds. The van der Waals surface area contributed by atoms with Gasteiger partial charge in [-0.05, 0) is 0 Å². The molecule has 0 fully saturated rings. The zero-order chi connectivity index (χ0) is 8.10. The minimum absolute atomic E-state index is 0.842. The predicted octanol–water partition coefficient (Wildman–Crippen LogP) is 0.696. The van der Waals surface area contributed by atoms with Crippen molar-refractivity contribution in [1.29, 1.82) is 0 Å². The smallest absolute Gasteiger partial charge is 0.0534 e. The van der Waals surface area contributed by atoms with Crippen molar-refractivity contribution < 1.29 is 0 Å². The molecule has 1 aromatic rings. The number of hydrogen-bond donors (Lipinski definition) is 1. The molecule has 11 heavy (non-hydrogen) atoms. The summed E-state index contributed by atoms with van der Waals surface area (Å²) in [6.07, 6.45) is 5.70. The largest absolute Gasteiger partial charge is 0.309 e. The highest BCUT2D eigenvalue weighted by atomic mass is 15.2. The molecule has 0 radical (unpaired) electrons. The van der Waals surface area contributed by atoms with Crippen molar-refractivity contribution in [1.82, 2.24) is 15.1 Å². The van der Waals surface area contributed by atoms with Gasteiger partial charge in [0.05, 0.1) is 6.20 Å². The molecule has 0 aliphatic rings. The summed E-state index contributed by atoms with van der Waals surface area (Å²) in [6, 6.07) is 0. The molecule has 0 aliphatic heterocycles. The minimum atomic E-state index is 0.842. The van der Waals surface area contributed by atoms with E-state index in [1.54, 1.807) is 4.68 Å². The lowest BCUT2D eigenvalue weighted by molar-refractivity contribution is 0.750. The molecule has 60 valence electrons. The Balaban J connectivity index is 2.32. The fourth-order valence-corrected chi connectivity index (χ4v) is 0.882. The van der Waals surface area contributed by atoms with E-state index in [0.717, 1.165) is 13.1 Å². The summed E-state index contributed by atoms with van der Waals surface area (Å²) in [5.41, 5.74) is 1.20. The molecule has 3 heteroatoms. The van der Waals surface area contributed by atoms with E-state index in [2.05, 4.69) is 17.0 Å². The van der Waals surface area contributed by atoms with Gasteiger partial charge in [0, 0.05) is 31.9 Å². The van der Waals surface area contributed by atoms with Crippen molar-refractivity contribution in [2.75, 3.05) is 6.54 Å². The molecule has 1 rings (SSSR count). The Labute approximate surface area is 66.7 Å². The third-order valence-corrected chi connectivity index (χ3v) is 1.38. The molecule has 0 atom stereocenters. The first-order chi connectivity index (χ1) is 5.33. The molecule has 0 unspecified atom stereocenters. The Morgan fingerprint density at radius 2 is 2.64 bits per heavy atom. The molecule has 0 saturated heterocycles. The number of aromatic nitrogens is 2. The summed E-state index contributed by atoms with van der Waals surface area (Å²) in [5, 5.41) is 7.24. The van der Waals surface area contributed by atoms with Gasteiger partial charge in [0.25, 0.3) is 0 Å². The van der Waals surface area contributed by atoms with Crippen molar-refractivity contribution >= 4 is 0 Å². The second-order valence-corrected chi connectivity index (χ2v) is 2.44. The maximum absolute atomic E-state index is 4.05. The lowest BCUT2D eigenvalue weighted by Gasteiger charge is -1.95. The van der Waals surface area contributed by atoms with Crippen LogP contribution in [-0.4, -0.2) is 16.3 Å². The fourth-order valence-electron chi connectivity index (χ4n) is 0.882. The highest BCUT2D eigenvalue weighted by molar-refractivity contribution is 5.02. The van der Waals surface area contributed by atoms with Gasteiger partial charge in [-0.25, -0.2) is 0 Å². The summed E-state index contributed by atoms with van der Waals surface area (Å²) in [4.78, 5) is 0. The summed E-state index contributed by atoms with van der Waals surface area (Å²) >= 11 is 0. The van der Waals surface area contributed by atoms with Crippen LogP contribution in [0.15, 0.2) is 25.0 Å². The third-order valence-electron chi connectivity index (χ3n) is 1.38. The molecular weight excluding hydrogens is 138 g/mol. The molecule has 1 heterocycles. The van der Waals surface area contributed by atoms with Crippen molar-refractivity contribution in [3.8, 4) is 0 Å². The van der Waals surface area contributed by atoms with Crippen LogP contribution in [0.5, 0.6) is 0 Å². The van der Waals surface area contributed by atoms with E-state index in [1.165, 1.54) is 5.56 Å². The van der Waals surface area contributed by atoms with Crippen LogP contribution in [0.4, 0.5) is 0 Å². The average molecular weight is 151 g/mol. The fraction of sp³-hybridized carbons (Fsp3) is 0.375. The summed E-state index contributed by atoms with van der Waals surface area (Å²) in [5.74, 6) is 0. The van der Waals surface area contributed by atoms with Crippen molar-refractivity contribution in [2.24, 2.45) is 7.05 Å². The van der Waals surface area contributed by atoms with Crippen molar-refractivity contribution in [3.63, 3.8) is 0 Å². The molecule has 0 aliphatic carbocycles. The van der Waals surface area contributed by atoms with Crippen LogP contribution in [0.2, 0.25) is 0 Å². The van der Waals surface area contributed by atoms with Crippen LogP contribution in [-0.2, 0) is 13.6 Å². The Bertz CT molecular complexity index is 227. The SMILES string of the molecule is C=CCNCc1cnn(C)c1. The summed E-state index contributed by atoms with van der Waals surface area (Å²) in [6.45, 7) is 5.32. The van der Waals surface area contributed by atoms with Crippen LogP contribution in [0.25, 0.3) is 0 Å². The number of rotatable bonds is 4. The first kappa shape index (κ1) is 8.01. The molecule has 0 bridgehead atoms. The lowest BCUT2D eigenvalue weighted by Crippen LogP contribution is -2.11. The Morgan fingerprint density at radius 1 is 1.82 bits per heavy atom. The predicted molar refractivity (Wildman–Crippen MR) is 45.1 cm³/mol. The monoisotopic (exact) mass is 151 g/mol. The first-order valence-corrected chi connectivity index (χ1v) is 3.62. The van der Waals surface area contributed by atoms with Gasteiger partial charge in [-0.1, -0.05) is 6.08 Å². The van der Waals surface area contributed by atoms with Crippen LogP contribution in [0, 0.1) is 0 Å². The summed E-state index contributed by atoms with van der Waals surface area (Å²) < 4.78 is 1.80. The molecule has 1 N–H and O–H groups in total. The molecule has 0 saturated carbocycles. The maximum Gasteiger partial charge on any atom is 0.0534 e. The standard InChI is InChI=1S/C8H13N3/c1-3-4-9-5-8-6-10-11(2)7-8/h3,6-7,9H,1,4-5H2,2H3. The minimum Gasteiger partial charge on any atom is -0.309 e. The van der Waals surface area contributed by atoms with E-state index in [1.807, 2.05) is 25.5 Å². The number of hydrogen-bond acceptors (Lipinski definition) is 2. The second kappa shape index (κ2) is 3.93. The van der Waals surface area contributed by atoms with Gasteiger partial charge in [-0.15, -0.1) is 6.58 Å². The molecule has 0 spiro atoms. The zero-order valence-corrected chi connectivity index (χ0v) is 6.75. The summed E-state index contributed by atoms with van der Waals surface area (Å²) in [7, 11) is 1.91. The second-order valence-electron chi connectivity index (χ2n) is 2.44. The van der Waals surface area contributed by atoms with E-state index in [4.69, 9.17) is 0 Å². The van der Waals surface area contributed by atoms with Crippen molar-refractivity contribution in [3.05, 3.63) is 30.6 Å². The van der Waals surface area contributed by atoms with Gasteiger partial charge in [0.15, 0.2) is 0 Å². The van der Waals surface area contributed by atoms with Gasteiger partial charge in [-0.2, -0.15) is 5.10 Å². The van der Waals surface area contributed by atoms with Gasteiger partial charge in [0.1, 0.15) is 0 Å². The average Bonchev–Trinajstić information content (AvgIpc) is 2.37. The number of aryl methyl sites for hydroxylation is 1. The topological polar surface area (TPSA) is 29.9 Å². The van der Waals surface area contributed by atoms with Crippen LogP contribution in [0.1, 0.15) is 5.56 Å². The normalized spacial score (nSPS) is 9.91. The Morgan fingerprint density at radius 3 is 3.18 bits per heavy atom. The van der Waals surface area contributed by atoms with Crippen LogP contribution in [0.3, 0.4) is 0 Å². The van der Waals surface area contributed by atoms with Gasteiger partial charge < -0.3 is 5.32 Å². The van der Waals surface area contributed by atoms with E-state index < -0.39 is 0 Å². The molecule has 0 aromatic carbocycles. The van der Waals surface area contributed by atoms with Gasteiger partial charge >= 0.3 is 0 Å². The highest BCUT2D eigenvalue weighted by Gasteiger charge is 1.92. The van der Waals surface area contributed by atoms with E-state index in [9.17, 15) is 0 Å². The Hall–Kier alpha value is -1.09. The van der Waals surface area contributed by atoms with E-state index in [0.29, 0.717) is 0 Å².